The van der Waals surface area contributed by atoms with Crippen LogP contribution < -0.4 is 5.32 Å². The highest BCUT2D eigenvalue weighted by Crippen LogP contribution is 2.27. The normalized spacial score (nSPS) is 18.2. The summed E-state index contributed by atoms with van der Waals surface area (Å²) >= 11 is 0. The Hall–Kier alpha value is -1.33. The number of rotatable bonds is 0. The van der Waals surface area contributed by atoms with Crippen LogP contribution >= 0.6 is 0 Å². The fourth-order valence-corrected chi connectivity index (χ4v) is 0.625. The van der Waals surface area contributed by atoms with Gasteiger partial charge in [-0.15, -0.1) is 0 Å². The largest absolute Gasteiger partial charge is 0.434 e. The lowest BCUT2D eigenvalue weighted by atomic mass is 10.3. The fourth-order valence-electron chi connectivity index (χ4n) is 0.625. The van der Waals surface area contributed by atoms with E-state index in [-0.39, 0.29) is 5.84 Å². The van der Waals surface area contributed by atoms with E-state index in [0.717, 1.165) is 0 Å². The molecule has 1 amide bonds. The number of allylic oxidation sites excluding steroid dienone is 1. The lowest BCUT2D eigenvalue weighted by Crippen LogP contribution is -2.27. The quantitative estimate of drug-likeness (QED) is 0.538. The summed E-state index contributed by atoms with van der Waals surface area (Å²) < 4.78 is 35.7. The number of halogens is 3. The molecule has 3 nitrogen and oxygen atoms in total. The minimum atomic E-state index is -4.63. The van der Waals surface area contributed by atoms with Crippen molar-refractivity contribution in [3.63, 3.8) is 0 Å². The van der Waals surface area contributed by atoms with E-state index >= 15 is 0 Å². The summed E-state index contributed by atoms with van der Waals surface area (Å²) in [7, 11) is 0. The summed E-state index contributed by atoms with van der Waals surface area (Å²) in [5.74, 6) is -1.25. The molecule has 1 heterocycles. The van der Waals surface area contributed by atoms with Gasteiger partial charge < -0.3 is 0 Å². The van der Waals surface area contributed by atoms with Crippen LogP contribution in [0.25, 0.3) is 0 Å². The van der Waals surface area contributed by atoms with Crippen molar-refractivity contribution in [2.75, 3.05) is 0 Å². The van der Waals surface area contributed by atoms with E-state index in [9.17, 15) is 18.0 Å². The van der Waals surface area contributed by atoms with Crippen molar-refractivity contribution in [2.24, 2.45) is 4.99 Å². The molecular weight excluding hydrogens is 173 g/mol. The van der Waals surface area contributed by atoms with Crippen molar-refractivity contribution in [1.29, 1.82) is 0 Å². The van der Waals surface area contributed by atoms with Gasteiger partial charge in [-0.05, 0) is 6.92 Å². The molecule has 0 aromatic rings. The highest BCUT2D eigenvalue weighted by molar-refractivity contribution is 6.02. The van der Waals surface area contributed by atoms with Gasteiger partial charge in [0.2, 0.25) is 0 Å². The van der Waals surface area contributed by atoms with Crippen molar-refractivity contribution >= 4 is 11.7 Å². The lowest BCUT2D eigenvalue weighted by Gasteiger charge is -2.10. The number of amides is 1. The number of alkyl halides is 3. The van der Waals surface area contributed by atoms with Crippen LogP contribution in [0.2, 0.25) is 0 Å². The third-order valence-electron chi connectivity index (χ3n) is 1.03. The first-order chi connectivity index (χ1) is 5.39. The maximum absolute atomic E-state index is 11.9. The number of carbonyl (C=O) groups excluding carboxylic acids is 1. The van der Waals surface area contributed by atoms with Crippen LogP contribution in [0.5, 0.6) is 0 Å². The Morgan fingerprint density at radius 3 is 2.42 bits per heavy atom. The van der Waals surface area contributed by atoms with Crippen molar-refractivity contribution < 1.29 is 18.0 Å². The molecule has 2 radical (unpaired) electrons. The van der Waals surface area contributed by atoms with E-state index in [1.54, 1.807) is 0 Å². The summed E-state index contributed by atoms with van der Waals surface area (Å²) in [5, 5.41) is 3.13. The topological polar surface area (TPSA) is 43.5 Å². The Bertz CT molecular complexity index is 277. The molecule has 0 aromatic carbocycles. The molecule has 0 atom stereocenters. The summed E-state index contributed by atoms with van der Waals surface area (Å²) in [4.78, 5) is 13.5. The van der Waals surface area contributed by atoms with Crippen molar-refractivity contribution in [3.05, 3.63) is 11.8 Å². The minimum absolute atomic E-state index is 0.203. The Balaban J connectivity index is 2.99. The second-order valence-electron chi connectivity index (χ2n) is 2.05. The zero-order valence-corrected chi connectivity index (χ0v) is 5.94. The van der Waals surface area contributed by atoms with Crippen LogP contribution in [0.15, 0.2) is 10.7 Å². The molecule has 1 aliphatic heterocycles. The van der Waals surface area contributed by atoms with Crippen molar-refractivity contribution in [2.45, 2.75) is 13.1 Å². The van der Waals surface area contributed by atoms with E-state index in [2.05, 4.69) is 10.3 Å². The number of aliphatic imine (C=N–C) groups is 1. The lowest BCUT2D eigenvalue weighted by molar-refractivity contribution is -0.118. The fraction of sp³-hybridized carbons (Fsp3) is 0.333. The third-order valence-corrected chi connectivity index (χ3v) is 1.03. The van der Waals surface area contributed by atoms with E-state index in [1.165, 1.54) is 13.0 Å². The first-order valence-electron chi connectivity index (χ1n) is 2.92. The van der Waals surface area contributed by atoms with Crippen LogP contribution in [0, 0.1) is 6.08 Å². The molecule has 1 aliphatic rings. The Morgan fingerprint density at radius 1 is 1.42 bits per heavy atom. The number of carbonyl (C=O) groups is 1. The zero-order valence-electron chi connectivity index (χ0n) is 5.94. The minimum Gasteiger partial charge on any atom is -0.267 e. The molecule has 0 aromatic heterocycles. The van der Waals surface area contributed by atoms with Crippen molar-refractivity contribution in [3.8, 4) is 0 Å². The number of nitrogens with zero attached hydrogens (tertiary/aromatic N) is 2. The predicted molar refractivity (Wildman–Crippen MR) is 33.1 cm³/mol. The van der Waals surface area contributed by atoms with Gasteiger partial charge >= 0.3 is 6.18 Å². The molecule has 0 saturated heterocycles. The smallest absolute Gasteiger partial charge is 0.267 e. The average Bonchev–Trinajstić information content (AvgIpc) is 1.82. The molecule has 1 rings (SSSR count). The highest BCUT2D eigenvalue weighted by atomic mass is 19.4. The van der Waals surface area contributed by atoms with Gasteiger partial charge in [-0.3, -0.25) is 4.79 Å². The van der Waals surface area contributed by atoms with E-state index < -0.39 is 17.8 Å². The standard InChI is InChI=1S/C6H3F3N2O/c1-3-10-4(6(7,8)9)2-5(12)11-3/h1H3. The molecule has 0 bridgehead atoms. The molecule has 0 fully saturated rings. The van der Waals surface area contributed by atoms with E-state index in [1.807, 2.05) is 0 Å². The molecular formula is C6H3F3N2O. The van der Waals surface area contributed by atoms with E-state index in [0.29, 0.717) is 0 Å². The maximum Gasteiger partial charge on any atom is 0.434 e. The number of hydrogen-bond acceptors (Lipinski definition) is 2. The third kappa shape index (κ3) is 1.84. The van der Waals surface area contributed by atoms with Gasteiger partial charge in [0.1, 0.15) is 5.84 Å². The summed E-state index contributed by atoms with van der Waals surface area (Å²) in [6.45, 7) is 1.21. The van der Waals surface area contributed by atoms with Crippen LogP contribution in [0.4, 0.5) is 13.2 Å². The monoisotopic (exact) mass is 176 g/mol. The molecule has 0 N–H and O–H groups in total. The van der Waals surface area contributed by atoms with Crippen LogP contribution in [-0.2, 0) is 4.79 Å². The molecule has 0 spiro atoms. The Morgan fingerprint density at radius 2 is 2.00 bits per heavy atom. The van der Waals surface area contributed by atoms with Gasteiger partial charge in [0.05, 0.1) is 6.08 Å². The summed E-state index contributed by atoms with van der Waals surface area (Å²) in [6.07, 6.45) is -3.15. The molecule has 0 saturated carbocycles. The molecule has 6 heteroatoms. The maximum atomic E-state index is 11.9. The first kappa shape index (κ1) is 8.76. The number of hydrogen-bond donors (Lipinski definition) is 0. The second-order valence-corrected chi connectivity index (χ2v) is 2.05. The molecule has 0 aliphatic carbocycles. The van der Waals surface area contributed by atoms with Gasteiger partial charge in [-0.1, -0.05) is 0 Å². The van der Waals surface area contributed by atoms with Gasteiger partial charge in [-0.2, -0.15) is 18.5 Å². The zero-order chi connectivity index (χ0) is 9.35. The SMILES string of the molecule is CC1=NC(C(F)(F)F)=[C]C(=O)[N]1. The molecule has 12 heavy (non-hydrogen) atoms. The van der Waals surface area contributed by atoms with Gasteiger partial charge in [0, 0.05) is 0 Å². The van der Waals surface area contributed by atoms with Crippen LogP contribution in [0.3, 0.4) is 0 Å². The summed E-state index contributed by atoms with van der Waals surface area (Å²) in [5.41, 5.74) is -1.32. The summed E-state index contributed by atoms with van der Waals surface area (Å²) in [6, 6.07) is 0. The average molecular weight is 176 g/mol. The van der Waals surface area contributed by atoms with Crippen LogP contribution in [0.1, 0.15) is 6.92 Å². The van der Waals surface area contributed by atoms with Crippen molar-refractivity contribution in [1.82, 2.24) is 5.32 Å². The number of amidine groups is 1. The Kier molecular flexibility index (Phi) is 1.91. The van der Waals surface area contributed by atoms with Gasteiger partial charge in [-0.25, -0.2) is 4.99 Å². The first-order valence-corrected chi connectivity index (χ1v) is 2.92. The molecule has 0 unspecified atom stereocenters. The highest BCUT2D eigenvalue weighted by Gasteiger charge is 2.36. The predicted octanol–water partition coefficient (Wildman–Crippen LogP) is 0.799. The van der Waals surface area contributed by atoms with Crippen LogP contribution in [-0.4, -0.2) is 17.9 Å². The second kappa shape index (κ2) is 2.62. The van der Waals surface area contributed by atoms with E-state index in [4.69, 9.17) is 0 Å². The van der Waals surface area contributed by atoms with Gasteiger partial charge in [0.25, 0.3) is 5.91 Å². The molecule has 64 valence electrons. The Labute approximate surface area is 66.0 Å². The van der Waals surface area contributed by atoms with Gasteiger partial charge in [0.15, 0.2) is 5.70 Å².